The summed E-state index contributed by atoms with van der Waals surface area (Å²) in [5.41, 5.74) is 0. The fourth-order valence-electron chi connectivity index (χ4n) is 11.2. The molecule has 0 saturated carbocycles. The van der Waals surface area contributed by atoms with E-state index in [1.165, 1.54) is 57.8 Å². The standard InChI is InChI=1S/C73H123NO18/c1-3-5-7-9-11-12-13-14-15-16-17-18-19-20-21-22-23-24-25-26-27-28-29-30-31-32-33-34-35-36-37-38-39-40-41-42-43-44-45-47-49-51-61(79)74-56(57(78)50-48-46-10-8-6-4-2)55-87-71-67(85)64(82)69(59(53-76)89-71)92-73-68(86)65(83)70(60(54-77)90-73)91-72-66(84)63(81)62(80)58(52-75)88-72/h5,7,11-12,14-15,17-18,20-21,23-24,26-27,29-30,32-33,56-60,62-73,75-78,80-86H,3-4,6,8-10,13,16,19,22,25,28,31,34-55H2,1-2H3,(H,74,79)/b7-5-,12-11-,15-14-,18-17-,21-20-,24-23-,27-26-,30-29-,33-32-. The topological polar surface area (TPSA) is 307 Å². The van der Waals surface area contributed by atoms with Gasteiger partial charge in [0, 0.05) is 6.42 Å². The molecule has 3 rings (SSSR count). The molecule has 0 aliphatic carbocycles. The Morgan fingerprint density at radius 2 is 0.750 bits per heavy atom. The maximum Gasteiger partial charge on any atom is 0.220 e. The van der Waals surface area contributed by atoms with E-state index < -0.39 is 124 Å². The molecule has 0 bridgehead atoms. The molecule has 17 unspecified atom stereocenters. The van der Waals surface area contributed by atoms with Crippen LogP contribution in [0.4, 0.5) is 0 Å². The second-order valence-electron chi connectivity index (χ2n) is 24.6. The lowest BCUT2D eigenvalue weighted by atomic mass is 9.96. The molecule has 1 amide bonds. The molecule has 12 N–H and O–H groups in total. The van der Waals surface area contributed by atoms with Crippen LogP contribution in [0.3, 0.4) is 0 Å². The van der Waals surface area contributed by atoms with Crippen LogP contribution < -0.4 is 5.32 Å². The van der Waals surface area contributed by atoms with Crippen LogP contribution in [0.1, 0.15) is 213 Å². The van der Waals surface area contributed by atoms with E-state index >= 15 is 0 Å². The van der Waals surface area contributed by atoms with Gasteiger partial charge in [-0.05, 0) is 83.5 Å². The molecule has 528 valence electrons. The number of unbranched alkanes of at least 4 members (excludes halogenated alkanes) is 18. The fraction of sp³-hybridized carbons (Fsp3) is 0.740. The van der Waals surface area contributed by atoms with Crippen molar-refractivity contribution in [2.45, 2.75) is 317 Å². The Balaban J connectivity index is 1.25. The molecule has 3 aliphatic rings. The van der Waals surface area contributed by atoms with Crippen LogP contribution in [-0.2, 0) is 33.2 Å². The van der Waals surface area contributed by atoms with Gasteiger partial charge in [0.05, 0.1) is 38.6 Å². The van der Waals surface area contributed by atoms with E-state index in [1.54, 1.807) is 0 Å². The first-order chi connectivity index (χ1) is 44.8. The Bertz CT molecular complexity index is 2090. The van der Waals surface area contributed by atoms with Crippen molar-refractivity contribution in [2.24, 2.45) is 0 Å². The molecule has 19 heteroatoms. The normalized spacial score (nSPS) is 28.4. The van der Waals surface area contributed by atoms with Crippen molar-refractivity contribution in [2.75, 3.05) is 26.4 Å². The molecule has 0 radical (unpaired) electrons. The number of hydrogen-bond acceptors (Lipinski definition) is 18. The minimum absolute atomic E-state index is 0.254. The summed E-state index contributed by atoms with van der Waals surface area (Å²) in [6.45, 7) is 1.58. The van der Waals surface area contributed by atoms with Crippen LogP contribution in [0.2, 0.25) is 0 Å². The van der Waals surface area contributed by atoms with Crippen LogP contribution in [0, 0.1) is 0 Å². The maximum absolute atomic E-state index is 13.3. The van der Waals surface area contributed by atoms with Gasteiger partial charge in [0.15, 0.2) is 18.9 Å². The molecular weight excluding hydrogens is 1180 g/mol. The Hall–Kier alpha value is -3.55. The molecule has 0 aromatic rings. The molecule has 3 saturated heterocycles. The summed E-state index contributed by atoms with van der Waals surface area (Å²) in [6.07, 6.45) is 45.4. The SMILES string of the molecule is CC/C=C\C/C=C\C/C=C\C/C=C\C/C=C\C/C=C\C/C=C\C/C=C\C/C=C\CCCCCCCCCCCCCCCC(=O)NC(COC1OC(CO)C(OC2OC(CO)C(OC3OC(CO)C(O)C(O)C3O)C(O)C2O)C(O)C1O)C(O)CCCCCCCC. The molecule has 0 aromatic heterocycles. The minimum atomic E-state index is -1.97. The van der Waals surface area contributed by atoms with Gasteiger partial charge in [0.2, 0.25) is 5.91 Å². The van der Waals surface area contributed by atoms with Crippen molar-refractivity contribution >= 4 is 5.91 Å². The number of aliphatic hydroxyl groups excluding tert-OH is 11. The van der Waals surface area contributed by atoms with Crippen LogP contribution >= 0.6 is 0 Å². The zero-order chi connectivity index (χ0) is 66.8. The molecular formula is C73H123NO18. The molecule has 92 heavy (non-hydrogen) atoms. The average Bonchev–Trinajstić information content (AvgIpc) is 0.817. The highest BCUT2D eigenvalue weighted by Crippen LogP contribution is 2.33. The first kappa shape index (κ1) is 82.7. The fourth-order valence-corrected chi connectivity index (χ4v) is 11.2. The second kappa shape index (κ2) is 53.6. The van der Waals surface area contributed by atoms with Crippen molar-refractivity contribution in [3.63, 3.8) is 0 Å². The Morgan fingerprint density at radius 1 is 0.402 bits per heavy atom. The summed E-state index contributed by atoms with van der Waals surface area (Å²) in [5.74, 6) is -0.254. The highest BCUT2D eigenvalue weighted by Gasteiger charge is 2.53. The predicted octanol–water partition coefficient (Wildman–Crippen LogP) is 9.44. The number of ether oxygens (including phenoxy) is 6. The Morgan fingerprint density at radius 3 is 1.17 bits per heavy atom. The molecule has 3 heterocycles. The quantitative estimate of drug-likeness (QED) is 0.0199. The Labute approximate surface area is 551 Å². The van der Waals surface area contributed by atoms with E-state index in [2.05, 4.69) is 129 Å². The number of aliphatic hydroxyl groups is 11. The third-order valence-corrected chi connectivity index (χ3v) is 16.9. The molecule has 0 aromatic carbocycles. The summed E-state index contributed by atoms with van der Waals surface area (Å²) < 4.78 is 34.2. The van der Waals surface area contributed by atoms with E-state index in [0.29, 0.717) is 12.8 Å². The van der Waals surface area contributed by atoms with Crippen molar-refractivity contribution in [1.82, 2.24) is 5.32 Å². The largest absolute Gasteiger partial charge is 0.394 e. The van der Waals surface area contributed by atoms with Crippen molar-refractivity contribution in [3.05, 3.63) is 109 Å². The summed E-state index contributed by atoms with van der Waals surface area (Å²) >= 11 is 0. The van der Waals surface area contributed by atoms with Crippen LogP contribution in [-0.4, -0.2) is 193 Å². The first-order valence-electron chi connectivity index (χ1n) is 35.1. The zero-order valence-corrected chi connectivity index (χ0v) is 55.7. The van der Waals surface area contributed by atoms with Crippen molar-refractivity contribution in [1.29, 1.82) is 0 Å². The van der Waals surface area contributed by atoms with Gasteiger partial charge in [-0.25, -0.2) is 0 Å². The minimum Gasteiger partial charge on any atom is -0.394 e. The number of hydrogen-bond donors (Lipinski definition) is 12. The van der Waals surface area contributed by atoms with Gasteiger partial charge in [0.1, 0.15) is 73.2 Å². The molecule has 0 spiro atoms. The van der Waals surface area contributed by atoms with Gasteiger partial charge in [-0.15, -0.1) is 0 Å². The summed E-state index contributed by atoms with van der Waals surface area (Å²) in [4.78, 5) is 13.3. The van der Waals surface area contributed by atoms with Gasteiger partial charge >= 0.3 is 0 Å². The lowest BCUT2D eigenvalue weighted by Gasteiger charge is -2.48. The number of amides is 1. The van der Waals surface area contributed by atoms with Crippen LogP contribution in [0.15, 0.2) is 109 Å². The highest BCUT2D eigenvalue weighted by atomic mass is 16.8. The Kier molecular flexibility index (Phi) is 48.1. The van der Waals surface area contributed by atoms with Crippen LogP contribution in [0.5, 0.6) is 0 Å². The van der Waals surface area contributed by atoms with Gasteiger partial charge in [-0.1, -0.05) is 232 Å². The number of rotatable bonds is 52. The molecule has 3 fully saturated rings. The molecule has 3 aliphatic heterocycles. The predicted molar refractivity (Wildman–Crippen MR) is 360 cm³/mol. The van der Waals surface area contributed by atoms with Gasteiger partial charge < -0.3 is 89.9 Å². The summed E-state index contributed by atoms with van der Waals surface area (Å²) in [6, 6.07) is -0.890. The number of carbonyl (C=O) groups is 1. The average molecular weight is 1300 g/mol. The van der Waals surface area contributed by atoms with Gasteiger partial charge in [0.25, 0.3) is 0 Å². The third-order valence-electron chi connectivity index (χ3n) is 16.9. The van der Waals surface area contributed by atoms with E-state index in [9.17, 15) is 61.0 Å². The highest BCUT2D eigenvalue weighted by molar-refractivity contribution is 5.76. The van der Waals surface area contributed by atoms with E-state index in [0.717, 1.165) is 122 Å². The van der Waals surface area contributed by atoms with E-state index in [1.807, 2.05) is 0 Å². The van der Waals surface area contributed by atoms with Gasteiger partial charge in [-0.3, -0.25) is 4.79 Å². The van der Waals surface area contributed by atoms with Gasteiger partial charge in [-0.2, -0.15) is 0 Å². The number of nitrogens with one attached hydrogen (secondary N) is 1. The smallest absolute Gasteiger partial charge is 0.220 e. The van der Waals surface area contributed by atoms with E-state index in [-0.39, 0.29) is 18.9 Å². The molecule has 19 nitrogen and oxygen atoms in total. The summed E-state index contributed by atoms with van der Waals surface area (Å²) in [7, 11) is 0. The first-order valence-corrected chi connectivity index (χ1v) is 35.1. The molecule has 17 atom stereocenters. The van der Waals surface area contributed by atoms with Crippen molar-refractivity contribution < 1.29 is 89.4 Å². The third kappa shape index (κ3) is 34.9. The lowest BCUT2D eigenvalue weighted by molar-refractivity contribution is -0.379. The summed E-state index contributed by atoms with van der Waals surface area (Å²) in [5, 5.41) is 120. The van der Waals surface area contributed by atoms with Crippen LogP contribution in [0.25, 0.3) is 0 Å². The zero-order valence-electron chi connectivity index (χ0n) is 55.7. The second-order valence-corrected chi connectivity index (χ2v) is 24.6. The van der Waals surface area contributed by atoms with Crippen molar-refractivity contribution in [3.8, 4) is 0 Å². The monoisotopic (exact) mass is 1300 g/mol. The van der Waals surface area contributed by atoms with E-state index in [4.69, 9.17) is 28.4 Å². The number of allylic oxidation sites excluding steroid dienone is 18. The lowest BCUT2D eigenvalue weighted by Crippen LogP contribution is -2.66. The number of carbonyl (C=O) groups excluding carboxylic acids is 1. The maximum atomic E-state index is 13.3.